The van der Waals surface area contributed by atoms with Gasteiger partial charge in [0.2, 0.25) is 0 Å². The van der Waals surface area contributed by atoms with Crippen LogP contribution in [-0.4, -0.2) is 10.8 Å². The van der Waals surface area contributed by atoms with E-state index in [0.29, 0.717) is 11.4 Å². The molecule has 0 amide bonds. The fourth-order valence-electron chi connectivity index (χ4n) is 4.23. The molecule has 0 bridgehead atoms. The third-order valence-electron chi connectivity index (χ3n) is 5.63. The van der Waals surface area contributed by atoms with Gasteiger partial charge in [-0.15, -0.1) is 0 Å². The maximum absolute atomic E-state index is 13.4. The standard InChI is InChI=1S/C24H20ClN3O/c25-17-10-8-15(9-11-17)16-13-21-23(22(29)14-16)24(20-7-3-4-12-26-20)28-19-6-2-1-5-18(19)27-21/h1-12,16,24,27-28H,13-14H2. The number of carbonyl (C=O) groups excluding carboxylic acids is 1. The van der Waals surface area contributed by atoms with Crippen molar-refractivity contribution in [2.45, 2.75) is 24.8 Å². The molecule has 2 N–H and O–H groups in total. The average molecular weight is 402 g/mol. The van der Waals surface area contributed by atoms with Gasteiger partial charge < -0.3 is 10.6 Å². The van der Waals surface area contributed by atoms with Crippen LogP contribution in [0.3, 0.4) is 0 Å². The fourth-order valence-corrected chi connectivity index (χ4v) is 4.36. The van der Waals surface area contributed by atoms with Crippen LogP contribution < -0.4 is 10.6 Å². The molecular weight excluding hydrogens is 382 g/mol. The molecule has 1 aliphatic heterocycles. The Morgan fingerprint density at radius 2 is 1.66 bits per heavy atom. The van der Waals surface area contributed by atoms with Crippen LogP contribution in [0.25, 0.3) is 0 Å². The van der Waals surface area contributed by atoms with E-state index in [1.54, 1.807) is 6.20 Å². The number of anilines is 2. The summed E-state index contributed by atoms with van der Waals surface area (Å²) in [5, 5.41) is 7.80. The third kappa shape index (κ3) is 3.40. The molecule has 5 heteroatoms. The van der Waals surface area contributed by atoms with Crippen molar-refractivity contribution in [3.05, 3.63) is 100 Å². The van der Waals surface area contributed by atoms with Crippen molar-refractivity contribution in [3.8, 4) is 0 Å². The predicted octanol–water partition coefficient (Wildman–Crippen LogP) is 5.71. The zero-order chi connectivity index (χ0) is 19.8. The van der Waals surface area contributed by atoms with E-state index in [4.69, 9.17) is 11.6 Å². The largest absolute Gasteiger partial charge is 0.371 e. The summed E-state index contributed by atoms with van der Waals surface area (Å²) in [6.07, 6.45) is 3.01. The average Bonchev–Trinajstić information content (AvgIpc) is 2.92. The molecule has 4 nitrogen and oxygen atoms in total. The van der Waals surface area contributed by atoms with E-state index < -0.39 is 0 Å². The third-order valence-corrected chi connectivity index (χ3v) is 5.89. The van der Waals surface area contributed by atoms with Crippen LogP contribution in [0.15, 0.2) is 84.2 Å². The van der Waals surface area contributed by atoms with E-state index in [2.05, 4.69) is 15.6 Å². The molecule has 1 aliphatic carbocycles. The molecule has 3 aromatic rings. The molecule has 0 radical (unpaired) electrons. The number of rotatable bonds is 2. The maximum Gasteiger partial charge on any atom is 0.163 e. The molecule has 0 fully saturated rings. The van der Waals surface area contributed by atoms with Crippen LogP contribution in [0.4, 0.5) is 11.4 Å². The van der Waals surface area contributed by atoms with Gasteiger partial charge in [0.15, 0.2) is 5.78 Å². The van der Waals surface area contributed by atoms with Gasteiger partial charge in [-0.2, -0.15) is 0 Å². The summed E-state index contributed by atoms with van der Waals surface area (Å²) in [6.45, 7) is 0. The topological polar surface area (TPSA) is 54.0 Å². The highest BCUT2D eigenvalue weighted by Crippen LogP contribution is 2.43. The van der Waals surface area contributed by atoms with Gasteiger partial charge in [-0.05, 0) is 54.3 Å². The van der Waals surface area contributed by atoms with Crippen molar-refractivity contribution in [3.63, 3.8) is 0 Å². The number of para-hydroxylation sites is 2. The number of benzene rings is 2. The van der Waals surface area contributed by atoms with Gasteiger partial charge in [-0.3, -0.25) is 9.78 Å². The fraction of sp³-hybridized carbons (Fsp3) is 0.167. The maximum atomic E-state index is 13.4. The minimum Gasteiger partial charge on any atom is -0.371 e. The molecule has 2 atom stereocenters. The van der Waals surface area contributed by atoms with Crippen molar-refractivity contribution in [1.29, 1.82) is 0 Å². The van der Waals surface area contributed by atoms with Crippen molar-refractivity contribution >= 4 is 28.8 Å². The molecule has 2 aromatic carbocycles. The number of nitrogens with zero attached hydrogens (tertiary/aromatic N) is 1. The zero-order valence-electron chi connectivity index (χ0n) is 15.7. The van der Waals surface area contributed by atoms with Crippen LogP contribution >= 0.6 is 11.6 Å². The molecule has 29 heavy (non-hydrogen) atoms. The number of nitrogens with one attached hydrogen (secondary N) is 2. The van der Waals surface area contributed by atoms with Gasteiger partial charge in [0.25, 0.3) is 0 Å². The first kappa shape index (κ1) is 18.0. The van der Waals surface area contributed by atoms with Crippen LogP contribution in [0.1, 0.15) is 36.1 Å². The number of fused-ring (bicyclic) bond motifs is 1. The summed E-state index contributed by atoms with van der Waals surface area (Å²) in [6, 6.07) is 21.4. The van der Waals surface area contributed by atoms with E-state index in [-0.39, 0.29) is 17.7 Å². The van der Waals surface area contributed by atoms with Crippen molar-refractivity contribution in [1.82, 2.24) is 4.98 Å². The molecule has 2 unspecified atom stereocenters. The summed E-state index contributed by atoms with van der Waals surface area (Å²) >= 11 is 6.05. The summed E-state index contributed by atoms with van der Waals surface area (Å²) in [5.74, 6) is 0.273. The Hall–Kier alpha value is -3.11. The second-order valence-electron chi connectivity index (χ2n) is 7.47. The van der Waals surface area contributed by atoms with E-state index in [1.165, 1.54) is 0 Å². The Labute approximate surface area is 174 Å². The lowest BCUT2D eigenvalue weighted by Crippen LogP contribution is -2.27. The number of hydrogen-bond donors (Lipinski definition) is 2. The quantitative estimate of drug-likeness (QED) is 0.577. The first-order valence-corrected chi connectivity index (χ1v) is 10.1. The molecule has 1 aromatic heterocycles. The van der Waals surface area contributed by atoms with Crippen molar-refractivity contribution in [2.75, 3.05) is 10.6 Å². The van der Waals surface area contributed by atoms with Crippen molar-refractivity contribution < 1.29 is 4.79 Å². The van der Waals surface area contributed by atoms with Crippen LogP contribution in [0.2, 0.25) is 5.02 Å². The summed E-state index contributed by atoms with van der Waals surface area (Å²) in [7, 11) is 0. The van der Waals surface area contributed by atoms with Gasteiger partial charge in [-0.25, -0.2) is 0 Å². The molecule has 2 heterocycles. The van der Waals surface area contributed by atoms with Crippen LogP contribution in [-0.2, 0) is 4.79 Å². The summed E-state index contributed by atoms with van der Waals surface area (Å²) in [4.78, 5) is 17.9. The van der Waals surface area contributed by atoms with E-state index in [1.807, 2.05) is 66.7 Å². The Kier molecular flexibility index (Phi) is 4.57. The van der Waals surface area contributed by atoms with Gasteiger partial charge in [0.1, 0.15) is 0 Å². The van der Waals surface area contributed by atoms with Gasteiger partial charge in [0.05, 0.1) is 23.1 Å². The second kappa shape index (κ2) is 7.37. The van der Waals surface area contributed by atoms with Crippen molar-refractivity contribution in [2.24, 2.45) is 0 Å². The smallest absolute Gasteiger partial charge is 0.163 e. The lowest BCUT2D eigenvalue weighted by molar-refractivity contribution is -0.116. The monoisotopic (exact) mass is 401 g/mol. The van der Waals surface area contributed by atoms with E-state index in [0.717, 1.165) is 40.3 Å². The van der Waals surface area contributed by atoms with Crippen LogP contribution in [0, 0.1) is 0 Å². The Morgan fingerprint density at radius 1 is 0.897 bits per heavy atom. The molecule has 144 valence electrons. The molecule has 5 rings (SSSR count). The molecular formula is C24H20ClN3O. The lowest BCUT2D eigenvalue weighted by Gasteiger charge is -2.29. The highest BCUT2D eigenvalue weighted by molar-refractivity contribution is 6.30. The highest BCUT2D eigenvalue weighted by Gasteiger charge is 2.36. The minimum atomic E-state index is -0.277. The number of pyridine rings is 1. The van der Waals surface area contributed by atoms with E-state index in [9.17, 15) is 4.79 Å². The van der Waals surface area contributed by atoms with Gasteiger partial charge >= 0.3 is 0 Å². The predicted molar refractivity (Wildman–Crippen MR) is 116 cm³/mol. The normalized spacial score (nSPS) is 20.8. The Balaban J connectivity index is 1.60. The number of halogens is 1. The number of aromatic nitrogens is 1. The highest BCUT2D eigenvalue weighted by atomic mass is 35.5. The number of hydrogen-bond acceptors (Lipinski definition) is 4. The molecule has 0 saturated carbocycles. The lowest BCUT2D eigenvalue weighted by atomic mass is 9.79. The SMILES string of the molecule is O=C1CC(c2ccc(Cl)cc2)CC2=C1C(c1ccccn1)Nc1ccccc1N2. The Morgan fingerprint density at radius 3 is 2.41 bits per heavy atom. The zero-order valence-corrected chi connectivity index (χ0v) is 16.5. The van der Waals surface area contributed by atoms with Crippen LogP contribution in [0.5, 0.6) is 0 Å². The summed E-state index contributed by atoms with van der Waals surface area (Å²) in [5.41, 5.74) is 5.67. The summed E-state index contributed by atoms with van der Waals surface area (Å²) < 4.78 is 0. The first-order valence-electron chi connectivity index (χ1n) is 9.74. The van der Waals surface area contributed by atoms with E-state index >= 15 is 0 Å². The number of allylic oxidation sites excluding steroid dienone is 1. The molecule has 0 saturated heterocycles. The minimum absolute atomic E-state index is 0.126. The van der Waals surface area contributed by atoms with Gasteiger partial charge in [0, 0.05) is 28.9 Å². The first-order chi connectivity index (χ1) is 14.2. The second-order valence-corrected chi connectivity index (χ2v) is 7.91. The Bertz CT molecular complexity index is 1090. The number of ketones is 1. The number of carbonyl (C=O) groups is 1. The molecule has 2 aliphatic rings. The number of Topliss-reactive ketones (excluding diaryl/α,β-unsaturated/α-hetero) is 1. The molecule has 0 spiro atoms. The van der Waals surface area contributed by atoms with Gasteiger partial charge in [-0.1, -0.05) is 41.9 Å².